The summed E-state index contributed by atoms with van der Waals surface area (Å²) in [4.78, 5) is 33.9. The van der Waals surface area contributed by atoms with Crippen molar-refractivity contribution in [3.05, 3.63) is 82.3 Å². The highest BCUT2D eigenvalue weighted by molar-refractivity contribution is 5.82. The fourth-order valence-electron chi connectivity index (χ4n) is 6.40. The number of amides is 1. The number of fused-ring (bicyclic) bond motifs is 2. The molecule has 1 amide bonds. The van der Waals surface area contributed by atoms with Crippen molar-refractivity contribution in [2.75, 3.05) is 46.1 Å². The maximum absolute atomic E-state index is 13.4. The first-order valence-corrected chi connectivity index (χ1v) is 17.6. The molecule has 13 nitrogen and oxygen atoms in total. The second-order valence-electron chi connectivity index (χ2n) is 13.6. The van der Waals surface area contributed by atoms with E-state index in [0.717, 1.165) is 52.1 Å². The summed E-state index contributed by atoms with van der Waals surface area (Å²) in [5.41, 5.74) is 9.00. The SMILES string of the molecule is CCOC(=O)[C@@H]1CC[C@@H](Nc2ccc3c(c2COCc2ccccc2)COCCCC2=C3N(OCOC)NC(OC)=C2)CN1C(=O)OC(C)(C)C. The Balaban J connectivity index is 1.53. The van der Waals surface area contributed by atoms with Crippen LogP contribution >= 0.6 is 0 Å². The van der Waals surface area contributed by atoms with Crippen LogP contribution < -0.4 is 10.7 Å². The fraction of sp³-hybridized carbons (Fsp3) is 0.526. The number of hydrogen-bond donors (Lipinski definition) is 2. The van der Waals surface area contributed by atoms with Crippen LogP contribution in [-0.2, 0) is 57.9 Å². The Morgan fingerprint density at radius 2 is 1.86 bits per heavy atom. The number of carbonyl (C=O) groups is 2. The Kier molecular flexibility index (Phi) is 13.2. The molecule has 3 aliphatic heterocycles. The lowest BCUT2D eigenvalue weighted by Gasteiger charge is -2.39. The summed E-state index contributed by atoms with van der Waals surface area (Å²) in [5, 5.41) is 5.30. The topological polar surface area (TPSA) is 129 Å². The number of piperidine rings is 1. The highest BCUT2D eigenvalue weighted by Gasteiger charge is 2.39. The van der Waals surface area contributed by atoms with Gasteiger partial charge in [0.15, 0.2) is 6.79 Å². The number of rotatable bonds is 12. The smallest absolute Gasteiger partial charge is 0.411 e. The number of allylic oxidation sites excluding steroid dienone is 2. The van der Waals surface area contributed by atoms with Crippen molar-refractivity contribution < 1.29 is 42.8 Å². The van der Waals surface area contributed by atoms with E-state index in [-0.39, 0.29) is 32.6 Å². The number of likely N-dealkylation sites (tertiary alicyclic amines) is 1. The Hall–Kier alpha value is -4.30. The van der Waals surface area contributed by atoms with Crippen molar-refractivity contribution in [2.45, 2.75) is 90.9 Å². The Morgan fingerprint density at radius 3 is 2.59 bits per heavy atom. The standard InChI is InChI=1S/C38H52N4O9/c1-7-49-36(43)33-18-15-28(21-41(33)37(44)51-38(2,3)4)39-32-17-16-29-30(31(32)24-48-22-26-12-9-8-10-13-26)23-47-19-11-14-27-20-34(46-6)40-42(35(27)29)50-25-45-5/h8-10,12-13,16-17,20,28,33,39-40H,7,11,14-15,18-19,21-25H2,1-6H3/t28-,33+/m1/s1. The van der Waals surface area contributed by atoms with E-state index in [0.29, 0.717) is 38.5 Å². The van der Waals surface area contributed by atoms with Crippen LogP contribution in [0.2, 0.25) is 0 Å². The van der Waals surface area contributed by atoms with E-state index in [2.05, 4.69) is 16.8 Å². The first kappa shape index (κ1) is 37.9. The third-order valence-corrected chi connectivity index (χ3v) is 8.70. The van der Waals surface area contributed by atoms with E-state index >= 15 is 0 Å². The summed E-state index contributed by atoms with van der Waals surface area (Å²) in [6, 6.07) is 13.2. The van der Waals surface area contributed by atoms with Gasteiger partial charge in [-0.2, -0.15) is 5.17 Å². The second-order valence-corrected chi connectivity index (χ2v) is 13.6. The molecule has 2 aromatic rings. The molecule has 3 heterocycles. The van der Waals surface area contributed by atoms with Crippen LogP contribution in [0.4, 0.5) is 10.5 Å². The third kappa shape index (κ3) is 9.94. The van der Waals surface area contributed by atoms with Crippen LogP contribution in [0.25, 0.3) is 5.70 Å². The normalized spacial score (nSPS) is 19.4. The predicted molar refractivity (Wildman–Crippen MR) is 190 cm³/mol. The molecule has 1 fully saturated rings. The average molecular weight is 709 g/mol. The van der Waals surface area contributed by atoms with Crippen molar-refractivity contribution in [2.24, 2.45) is 0 Å². The molecule has 2 N–H and O–H groups in total. The highest BCUT2D eigenvalue weighted by Crippen LogP contribution is 2.38. The lowest BCUT2D eigenvalue weighted by molar-refractivity contribution is -0.209. The van der Waals surface area contributed by atoms with Crippen molar-refractivity contribution in [3.63, 3.8) is 0 Å². The minimum absolute atomic E-state index is 0.0158. The van der Waals surface area contributed by atoms with Crippen LogP contribution in [0.1, 0.15) is 75.6 Å². The molecule has 0 radical (unpaired) electrons. The van der Waals surface area contributed by atoms with Gasteiger partial charge < -0.3 is 33.7 Å². The van der Waals surface area contributed by atoms with Crippen LogP contribution in [0, 0.1) is 0 Å². The summed E-state index contributed by atoms with van der Waals surface area (Å²) < 4.78 is 34.6. The third-order valence-electron chi connectivity index (χ3n) is 8.70. The van der Waals surface area contributed by atoms with Crippen molar-refractivity contribution >= 4 is 23.4 Å². The van der Waals surface area contributed by atoms with E-state index in [4.69, 9.17) is 33.3 Å². The molecule has 2 aromatic carbocycles. The summed E-state index contributed by atoms with van der Waals surface area (Å²) >= 11 is 0. The minimum atomic E-state index is -0.730. The molecule has 0 spiro atoms. The zero-order valence-electron chi connectivity index (χ0n) is 30.6. The van der Waals surface area contributed by atoms with Crippen LogP contribution in [0.3, 0.4) is 0 Å². The van der Waals surface area contributed by atoms with Gasteiger partial charge in [0.1, 0.15) is 11.6 Å². The van der Waals surface area contributed by atoms with Crippen molar-refractivity contribution in [1.82, 2.24) is 15.5 Å². The van der Waals surface area contributed by atoms with Gasteiger partial charge in [-0.1, -0.05) is 36.4 Å². The molecule has 5 rings (SSSR count). The molecule has 0 unspecified atom stereocenters. The van der Waals surface area contributed by atoms with Gasteiger partial charge in [0.25, 0.3) is 0 Å². The number of esters is 1. The van der Waals surface area contributed by atoms with Gasteiger partial charge in [0, 0.05) is 49.2 Å². The number of ether oxygens (including phenoxy) is 6. The Bertz CT molecular complexity index is 1560. The summed E-state index contributed by atoms with van der Waals surface area (Å²) in [7, 11) is 3.18. The van der Waals surface area contributed by atoms with Gasteiger partial charge in [0.2, 0.25) is 5.88 Å². The van der Waals surface area contributed by atoms with E-state index in [1.54, 1.807) is 26.3 Å². The van der Waals surface area contributed by atoms with Gasteiger partial charge in [-0.15, -0.1) is 0 Å². The number of hydrogen-bond acceptors (Lipinski definition) is 12. The molecule has 278 valence electrons. The van der Waals surface area contributed by atoms with Gasteiger partial charge in [-0.25, -0.2) is 19.9 Å². The number of benzene rings is 2. The number of anilines is 1. The van der Waals surface area contributed by atoms with Crippen LogP contribution in [0.5, 0.6) is 0 Å². The zero-order chi connectivity index (χ0) is 36.4. The Labute approximate surface area is 300 Å². The maximum Gasteiger partial charge on any atom is 0.411 e. The lowest BCUT2D eigenvalue weighted by atomic mass is 9.93. The van der Waals surface area contributed by atoms with Gasteiger partial charge in [-0.05, 0) is 76.1 Å². The summed E-state index contributed by atoms with van der Waals surface area (Å²) in [6.07, 6.45) is 4.02. The van der Waals surface area contributed by atoms with E-state index < -0.39 is 23.7 Å². The van der Waals surface area contributed by atoms with Gasteiger partial charge >= 0.3 is 12.1 Å². The molecule has 2 atom stereocenters. The maximum atomic E-state index is 13.4. The average Bonchev–Trinajstić information content (AvgIpc) is 3.20. The molecular weight excluding hydrogens is 656 g/mol. The molecule has 0 bridgehead atoms. The van der Waals surface area contributed by atoms with E-state index in [1.807, 2.05) is 63.2 Å². The summed E-state index contributed by atoms with van der Waals surface area (Å²) in [6.45, 7) is 9.28. The summed E-state index contributed by atoms with van der Waals surface area (Å²) in [5.74, 6) is 0.117. The van der Waals surface area contributed by atoms with Crippen LogP contribution in [0.15, 0.2) is 60.0 Å². The number of carbonyl (C=O) groups excluding carboxylic acids is 2. The quantitative estimate of drug-likeness (QED) is 0.198. The van der Waals surface area contributed by atoms with Crippen molar-refractivity contribution in [1.29, 1.82) is 0 Å². The molecule has 3 aliphatic rings. The number of hydroxylamine groups is 1. The number of hydrazine groups is 1. The molecule has 1 saturated heterocycles. The molecule has 0 aromatic heterocycles. The first-order chi connectivity index (χ1) is 24.6. The van der Waals surface area contributed by atoms with Crippen LogP contribution in [-0.4, -0.2) is 80.6 Å². The second kappa shape index (κ2) is 17.8. The Morgan fingerprint density at radius 1 is 1.06 bits per heavy atom. The number of methoxy groups -OCH3 is 2. The van der Waals surface area contributed by atoms with Crippen molar-refractivity contribution in [3.8, 4) is 0 Å². The molecule has 13 heteroatoms. The lowest BCUT2D eigenvalue weighted by Crippen LogP contribution is -2.55. The van der Waals surface area contributed by atoms with E-state index in [1.165, 1.54) is 4.90 Å². The van der Waals surface area contributed by atoms with Gasteiger partial charge in [-0.3, -0.25) is 4.90 Å². The largest absolute Gasteiger partial charge is 0.481 e. The zero-order valence-corrected chi connectivity index (χ0v) is 30.6. The number of nitrogens with one attached hydrogen (secondary N) is 2. The molecular formula is C38H52N4O9. The molecule has 51 heavy (non-hydrogen) atoms. The van der Waals surface area contributed by atoms with E-state index in [9.17, 15) is 9.59 Å². The van der Waals surface area contributed by atoms with Gasteiger partial charge in [0.05, 0.1) is 39.2 Å². The highest BCUT2D eigenvalue weighted by atomic mass is 16.8. The predicted octanol–water partition coefficient (Wildman–Crippen LogP) is 6.01. The minimum Gasteiger partial charge on any atom is -0.481 e. The molecule has 0 aliphatic carbocycles. The number of nitrogens with zero attached hydrogens (tertiary/aromatic N) is 2. The fourth-order valence-corrected chi connectivity index (χ4v) is 6.40. The molecule has 0 saturated carbocycles. The first-order valence-electron chi connectivity index (χ1n) is 17.6. The monoisotopic (exact) mass is 708 g/mol.